The van der Waals surface area contributed by atoms with Gasteiger partial charge in [0.05, 0.1) is 30.1 Å². The molecular formula is C20H28N4O3S. The van der Waals surface area contributed by atoms with Crippen LogP contribution in [0.2, 0.25) is 0 Å². The summed E-state index contributed by atoms with van der Waals surface area (Å²) in [5.74, 6) is -0.406. The van der Waals surface area contributed by atoms with E-state index in [2.05, 4.69) is 25.1 Å². The van der Waals surface area contributed by atoms with Crippen molar-refractivity contribution in [3.8, 4) is 0 Å². The third-order valence-corrected chi connectivity index (χ3v) is 6.43. The van der Waals surface area contributed by atoms with Crippen LogP contribution in [0.4, 0.5) is 5.13 Å². The van der Waals surface area contributed by atoms with E-state index in [1.54, 1.807) is 25.2 Å². The number of ether oxygens (including phenoxy) is 1. The van der Waals surface area contributed by atoms with E-state index in [0.717, 1.165) is 43.4 Å². The minimum absolute atomic E-state index is 0.00861. The molecule has 8 heteroatoms. The van der Waals surface area contributed by atoms with E-state index in [1.165, 1.54) is 7.11 Å². The Labute approximate surface area is 169 Å². The molecule has 7 nitrogen and oxygen atoms in total. The smallest absolute Gasteiger partial charge is 0.339 e. The number of carbonyl (C=O) groups excluding carboxylic acids is 2. The molecule has 1 aliphatic heterocycles. The number of carbonyl (C=O) groups is 2. The lowest BCUT2D eigenvalue weighted by Gasteiger charge is -2.26. The molecule has 1 saturated heterocycles. The zero-order valence-corrected chi connectivity index (χ0v) is 18.0. The molecule has 3 heterocycles. The van der Waals surface area contributed by atoms with Gasteiger partial charge in [0.1, 0.15) is 0 Å². The van der Waals surface area contributed by atoms with E-state index < -0.39 is 5.97 Å². The van der Waals surface area contributed by atoms with Gasteiger partial charge in [0.2, 0.25) is 0 Å². The molecule has 2 aromatic heterocycles. The number of thiazole rings is 1. The number of rotatable bonds is 5. The van der Waals surface area contributed by atoms with E-state index in [-0.39, 0.29) is 11.8 Å². The summed E-state index contributed by atoms with van der Waals surface area (Å²) >= 11 is 1.67. The molecule has 152 valence electrons. The summed E-state index contributed by atoms with van der Waals surface area (Å²) in [7, 11) is 1.35. The fourth-order valence-electron chi connectivity index (χ4n) is 3.78. The average Bonchev–Trinajstić information content (AvgIpc) is 3.12. The Morgan fingerprint density at radius 2 is 1.96 bits per heavy atom. The van der Waals surface area contributed by atoms with Crippen LogP contribution < -0.4 is 4.90 Å². The molecule has 3 rings (SSSR count). The zero-order valence-electron chi connectivity index (χ0n) is 17.2. The van der Waals surface area contributed by atoms with Crippen LogP contribution in [0.25, 0.3) is 0 Å². The molecule has 1 N–H and O–H groups in total. The molecule has 0 amide bonds. The van der Waals surface area contributed by atoms with Gasteiger partial charge in [-0.05, 0) is 39.7 Å². The number of aromatic nitrogens is 2. The molecule has 0 bridgehead atoms. The average molecular weight is 405 g/mol. The highest BCUT2D eigenvalue weighted by Crippen LogP contribution is 2.24. The van der Waals surface area contributed by atoms with Gasteiger partial charge < -0.3 is 14.6 Å². The Morgan fingerprint density at radius 3 is 2.61 bits per heavy atom. The van der Waals surface area contributed by atoms with Gasteiger partial charge in [0, 0.05) is 37.3 Å². The number of H-pyrrole nitrogens is 1. The summed E-state index contributed by atoms with van der Waals surface area (Å²) in [5.41, 5.74) is 3.34. The molecule has 0 aromatic carbocycles. The van der Waals surface area contributed by atoms with E-state index in [1.807, 2.05) is 13.8 Å². The second kappa shape index (κ2) is 8.45. The first kappa shape index (κ1) is 20.5. The van der Waals surface area contributed by atoms with Crippen molar-refractivity contribution in [1.82, 2.24) is 14.9 Å². The summed E-state index contributed by atoms with van der Waals surface area (Å²) in [5, 5.41) is 3.12. The van der Waals surface area contributed by atoms with Crippen molar-refractivity contribution in [1.29, 1.82) is 0 Å². The van der Waals surface area contributed by atoms with Gasteiger partial charge in [-0.3, -0.25) is 9.69 Å². The highest BCUT2D eigenvalue weighted by molar-refractivity contribution is 7.13. The van der Waals surface area contributed by atoms with E-state index in [9.17, 15) is 9.59 Å². The number of Topliss-reactive ketones (excluding diaryl/α,β-unsaturated/α-hetero) is 1. The number of esters is 1. The third kappa shape index (κ3) is 3.98. The topological polar surface area (TPSA) is 78.5 Å². The first-order valence-corrected chi connectivity index (χ1v) is 10.4. The number of nitrogens with one attached hydrogen (secondary N) is 1. The number of nitrogens with zero attached hydrogens (tertiary/aromatic N) is 3. The number of methoxy groups -OCH3 is 1. The highest BCUT2D eigenvalue weighted by Gasteiger charge is 2.29. The van der Waals surface area contributed by atoms with Crippen molar-refractivity contribution < 1.29 is 14.3 Å². The molecule has 0 aliphatic carbocycles. The molecule has 0 radical (unpaired) electrons. The molecule has 1 unspecified atom stereocenters. The van der Waals surface area contributed by atoms with E-state index in [4.69, 9.17) is 4.74 Å². The monoisotopic (exact) mass is 404 g/mol. The largest absolute Gasteiger partial charge is 0.465 e. The van der Waals surface area contributed by atoms with Crippen molar-refractivity contribution >= 4 is 28.2 Å². The van der Waals surface area contributed by atoms with Crippen molar-refractivity contribution in [2.45, 2.75) is 40.2 Å². The fraction of sp³-hybridized carbons (Fsp3) is 0.550. The molecule has 28 heavy (non-hydrogen) atoms. The number of aromatic amines is 1. The van der Waals surface area contributed by atoms with Gasteiger partial charge >= 0.3 is 5.97 Å². The molecule has 2 aromatic rings. The summed E-state index contributed by atoms with van der Waals surface area (Å²) in [6.45, 7) is 11.0. The SMILES string of the molecule is COC(=O)c1c(C)[nH]c(C(=O)C(C)N2CCCN(c3nc(C)cs3)CC2)c1C. The molecular weight excluding hydrogens is 376 g/mol. The lowest BCUT2D eigenvalue weighted by atomic mass is 10.0. The Hall–Kier alpha value is -2.19. The summed E-state index contributed by atoms with van der Waals surface area (Å²) in [4.78, 5) is 37.4. The Bertz CT molecular complexity index is 873. The molecule has 1 aliphatic rings. The molecule has 0 saturated carbocycles. The predicted molar refractivity (Wildman–Crippen MR) is 111 cm³/mol. The zero-order chi connectivity index (χ0) is 20.4. The minimum Gasteiger partial charge on any atom is -0.465 e. The van der Waals surface area contributed by atoms with Crippen LogP contribution in [-0.2, 0) is 4.74 Å². The van der Waals surface area contributed by atoms with Crippen LogP contribution in [0.5, 0.6) is 0 Å². The van der Waals surface area contributed by atoms with Crippen LogP contribution in [0.1, 0.15) is 51.1 Å². The molecule has 1 atom stereocenters. The first-order valence-electron chi connectivity index (χ1n) is 9.56. The maximum absolute atomic E-state index is 13.2. The Balaban J connectivity index is 1.72. The number of ketones is 1. The van der Waals surface area contributed by atoms with Crippen LogP contribution in [0, 0.1) is 20.8 Å². The number of anilines is 1. The van der Waals surface area contributed by atoms with Crippen molar-refractivity contribution in [2.24, 2.45) is 0 Å². The second-order valence-corrected chi connectivity index (χ2v) is 8.14. The summed E-state index contributed by atoms with van der Waals surface area (Å²) in [6.07, 6.45) is 0.979. The normalized spacial score (nSPS) is 16.7. The maximum Gasteiger partial charge on any atom is 0.339 e. The summed E-state index contributed by atoms with van der Waals surface area (Å²) < 4.78 is 4.85. The van der Waals surface area contributed by atoms with Crippen molar-refractivity contribution in [3.63, 3.8) is 0 Å². The van der Waals surface area contributed by atoms with Crippen LogP contribution in [0.3, 0.4) is 0 Å². The Kier molecular flexibility index (Phi) is 6.20. The first-order chi connectivity index (χ1) is 13.3. The maximum atomic E-state index is 13.2. The van der Waals surface area contributed by atoms with Crippen LogP contribution in [0.15, 0.2) is 5.38 Å². The van der Waals surface area contributed by atoms with Gasteiger partial charge in [-0.15, -0.1) is 11.3 Å². The van der Waals surface area contributed by atoms with Gasteiger partial charge in [0.15, 0.2) is 10.9 Å². The van der Waals surface area contributed by atoms with E-state index >= 15 is 0 Å². The van der Waals surface area contributed by atoms with Crippen molar-refractivity contribution in [3.05, 3.63) is 33.6 Å². The lowest BCUT2D eigenvalue weighted by Crippen LogP contribution is -2.41. The third-order valence-electron chi connectivity index (χ3n) is 5.41. The molecule has 1 fully saturated rings. The summed E-state index contributed by atoms with van der Waals surface area (Å²) in [6, 6.07) is -0.264. The highest BCUT2D eigenvalue weighted by atomic mass is 32.1. The van der Waals surface area contributed by atoms with Gasteiger partial charge in [-0.25, -0.2) is 9.78 Å². The predicted octanol–water partition coefficient (Wildman–Crippen LogP) is 2.97. The molecule has 0 spiro atoms. The van der Waals surface area contributed by atoms with Gasteiger partial charge in [-0.2, -0.15) is 0 Å². The van der Waals surface area contributed by atoms with Crippen molar-refractivity contribution in [2.75, 3.05) is 38.2 Å². The standard InChI is InChI=1S/C20H28N4O3S/c1-12-11-28-20(21-12)24-8-6-7-23(9-10-24)15(4)18(25)17-13(2)16(14(3)22-17)19(26)27-5/h11,15,22H,6-10H2,1-5H3. The quantitative estimate of drug-likeness (QED) is 0.610. The minimum atomic E-state index is -0.415. The van der Waals surface area contributed by atoms with Crippen LogP contribution >= 0.6 is 11.3 Å². The number of hydrogen-bond acceptors (Lipinski definition) is 7. The van der Waals surface area contributed by atoms with E-state index in [0.29, 0.717) is 22.5 Å². The fourth-order valence-corrected chi connectivity index (χ4v) is 4.64. The Morgan fingerprint density at radius 1 is 1.21 bits per heavy atom. The van der Waals surface area contributed by atoms with Gasteiger partial charge in [-0.1, -0.05) is 0 Å². The number of hydrogen-bond donors (Lipinski definition) is 1. The second-order valence-electron chi connectivity index (χ2n) is 7.30. The number of aryl methyl sites for hydroxylation is 2. The van der Waals surface area contributed by atoms with Crippen LogP contribution in [-0.4, -0.2) is 66.0 Å². The lowest BCUT2D eigenvalue weighted by molar-refractivity contribution is 0.0599. The van der Waals surface area contributed by atoms with Gasteiger partial charge in [0.25, 0.3) is 0 Å².